The number of carbonyl (C=O) groups is 4. The number of amides is 4. The first-order chi connectivity index (χ1) is 28.5. The second-order valence-electron chi connectivity index (χ2n) is 15.2. The fourth-order valence-electron chi connectivity index (χ4n) is 9.82. The number of hydrazine groups is 1. The number of imide groups is 2. The summed E-state index contributed by atoms with van der Waals surface area (Å²) in [6, 6.07) is 31.5. The number of carbonyl (C=O) groups excluding carboxylic acids is 4. The Hall–Kier alpha value is -6.66. The number of ether oxygens (including phenoxy) is 2. The molecule has 6 atom stereocenters. The molecule has 0 unspecified atom stereocenters. The number of rotatable bonds is 9. The van der Waals surface area contributed by atoms with Crippen molar-refractivity contribution >= 4 is 58.0 Å². The molecule has 2 aliphatic heterocycles. The van der Waals surface area contributed by atoms with Crippen LogP contribution < -0.4 is 25.1 Å². The molecule has 4 amide bonds. The second-order valence-corrected chi connectivity index (χ2v) is 15.6. The molecule has 9 rings (SSSR count). The SMILES string of the molecule is COc1cc(O)cc(OC)c1[C@H]1C2=CC[C@@H]3C(=O)N(c4ccc(Nc5ccccc5)cc4)C(=O)[C@@H]3[C@@H]2C[C@H]2C(=O)N(Nc3ccc(F)cc3)C(=O)[C@@]12c1ccc(Cl)cc1. The molecular formula is C46H38ClFN4O7. The number of anilines is 4. The van der Waals surface area contributed by atoms with Gasteiger partial charge >= 0.3 is 0 Å². The quantitative estimate of drug-likeness (QED) is 0.0996. The van der Waals surface area contributed by atoms with Gasteiger partial charge in [-0.2, -0.15) is 5.01 Å². The van der Waals surface area contributed by atoms with Gasteiger partial charge in [0, 0.05) is 40.0 Å². The van der Waals surface area contributed by atoms with E-state index in [2.05, 4.69) is 10.7 Å². The number of halogens is 2. The summed E-state index contributed by atoms with van der Waals surface area (Å²) in [5.41, 5.74) is 5.13. The zero-order valence-corrected chi connectivity index (χ0v) is 32.7. The third-order valence-corrected chi connectivity index (χ3v) is 12.5. The second kappa shape index (κ2) is 14.6. The van der Waals surface area contributed by atoms with Gasteiger partial charge in [0.1, 0.15) is 23.1 Å². The minimum Gasteiger partial charge on any atom is -0.508 e. The van der Waals surface area contributed by atoms with Gasteiger partial charge in [-0.05, 0) is 97.1 Å². The van der Waals surface area contributed by atoms with Gasteiger partial charge in [0.15, 0.2) is 0 Å². The molecule has 59 heavy (non-hydrogen) atoms. The number of allylic oxidation sites excluding steroid dienone is 2. The van der Waals surface area contributed by atoms with Crippen LogP contribution in [0.5, 0.6) is 17.2 Å². The topological polar surface area (TPSA) is 138 Å². The molecule has 2 heterocycles. The molecule has 2 saturated heterocycles. The van der Waals surface area contributed by atoms with Crippen LogP contribution in [0.15, 0.2) is 127 Å². The highest BCUT2D eigenvalue weighted by molar-refractivity contribution is 6.30. The fourth-order valence-corrected chi connectivity index (χ4v) is 9.94. The van der Waals surface area contributed by atoms with Gasteiger partial charge in [-0.15, -0.1) is 0 Å². The van der Waals surface area contributed by atoms with E-state index in [0.29, 0.717) is 33.1 Å². The van der Waals surface area contributed by atoms with E-state index < -0.39 is 58.5 Å². The van der Waals surface area contributed by atoms with Gasteiger partial charge in [-0.25, -0.2) is 4.39 Å². The summed E-state index contributed by atoms with van der Waals surface area (Å²) < 4.78 is 25.8. The Balaban J connectivity index is 1.19. The van der Waals surface area contributed by atoms with Crippen molar-refractivity contribution in [1.82, 2.24) is 5.01 Å². The van der Waals surface area contributed by atoms with Gasteiger partial charge in [-0.3, -0.25) is 29.5 Å². The molecule has 1 saturated carbocycles. The molecule has 13 heteroatoms. The van der Waals surface area contributed by atoms with Crippen LogP contribution in [0.3, 0.4) is 0 Å². The predicted octanol–water partition coefficient (Wildman–Crippen LogP) is 8.14. The zero-order valence-electron chi connectivity index (χ0n) is 31.9. The van der Waals surface area contributed by atoms with Crippen LogP contribution in [-0.2, 0) is 24.6 Å². The molecule has 298 valence electrons. The van der Waals surface area contributed by atoms with Crippen LogP contribution >= 0.6 is 11.6 Å². The molecular weight excluding hydrogens is 775 g/mol. The highest BCUT2D eigenvalue weighted by Gasteiger charge is 2.71. The van der Waals surface area contributed by atoms with E-state index in [0.717, 1.165) is 16.4 Å². The number of aromatic hydroxyl groups is 1. The first kappa shape index (κ1) is 37.9. The van der Waals surface area contributed by atoms with E-state index in [1.54, 1.807) is 48.5 Å². The van der Waals surface area contributed by atoms with Crippen LogP contribution in [0.1, 0.15) is 29.9 Å². The Kier molecular flexibility index (Phi) is 9.39. The lowest BCUT2D eigenvalue weighted by Crippen LogP contribution is -2.53. The Morgan fingerprint density at radius 2 is 1.39 bits per heavy atom. The number of para-hydroxylation sites is 1. The maximum absolute atomic E-state index is 15.5. The molecule has 0 spiro atoms. The largest absolute Gasteiger partial charge is 0.508 e. The number of hydrogen-bond donors (Lipinski definition) is 3. The average Bonchev–Trinajstić information content (AvgIpc) is 3.62. The van der Waals surface area contributed by atoms with Gasteiger partial charge in [0.05, 0.1) is 48.8 Å². The number of benzene rings is 5. The number of nitrogens with zero attached hydrogens (tertiary/aromatic N) is 2. The van der Waals surface area contributed by atoms with E-state index >= 15 is 9.59 Å². The van der Waals surface area contributed by atoms with Gasteiger partial charge in [0.2, 0.25) is 11.8 Å². The standard InChI is InChI=1S/C46H38ClFN4O7/c1-58-37-22-32(53)23-38(59-2)40(37)41-33-20-21-34-39(44(56)51(42(34)54)31-18-16-29(17-19-31)49-28-6-4-3-5-7-28)35(33)24-36-43(55)52(50-30-14-12-27(48)13-15-30)45(57)46(36,41)25-8-10-26(47)11-9-25/h3-20,22-23,34-36,39,41,49-50,53H,21,24H2,1-2H3/t34-,35+,36-,39-,41+,46+/m0/s1. The van der Waals surface area contributed by atoms with Crippen molar-refractivity contribution in [3.63, 3.8) is 0 Å². The summed E-state index contributed by atoms with van der Waals surface area (Å²) in [7, 11) is 2.86. The Morgan fingerprint density at radius 3 is 2.03 bits per heavy atom. The summed E-state index contributed by atoms with van der Waals surface area (Å²) >= 11 is 6.42. The third kappa shape index (κ3) is 6.00. The lowest BCUT2D eigenvalue weighted by molar-refractivity contribution is -0.138. The van der Waals surface area contributed by atoms with E-state index in [1.165, 1.54) is 55.5 Å². The molecule has 3 fully saturated rings. The lowest BCUT2D eigenvalue weighted by atomic mass is 9.49. The minimum absolute atomic E-state index is 0.0355. The minimum atomic E-state index is -1.69. The molecule has 0 bridgehead atoms. The smallest absolute Gasteiger partial charge is 0.260 e. The molecule has 5 aromatic carbocycles. The average molecular weight is 813 g/mol. The number of phenols is 1. The number of phenolic OH excluding ortho intramolecular Hbond substituents is 1. The molecule has 5 aromatic rings. The van der Waals surface area contributed by atoms with Crippen LogP contribution in [0.2, 0.25) is 5.02 Å². The normalized spacial score (nSPS) is 24.6. The number of fused-ring (bicyclic) bond motifs is 4. The third-order valence-electron chi connectivity index (χ3n) is 12.3. The van der Waals surface area contributed by atoms with Crippen LogP contribution in [0.25, 0.3) is 0 Å². The number of methoxy groups -OCH3 is 2. The van der Waals surface area contributed by atoms with Crippen LogP contribution in [0, 0.1) is 29.5 Å². The molecule has 11 nitrogen and oxygen atoms in total. The highest BCUT2D eigenvalue weighted by Crippen LogP contribution is 2.66. The van der Waals surface area contributed by atoms with Gasteiger partial charge in [0.25, 0.3) is 11.8 Å². The van der Waals surface area contributed by atoms with E-state index in [1.807, 2.05) is 36.4 Å². The maximum Gasteiger partial charge on any atom is 0.260 e. The van der Waals surface area contributed by atoms with E-state index in [4.69, 9.17) is 21.1 Å². The number of hydrogen-bond acceptors (Lipinski definition) is 9. The van der Waals surface area contributed by atoms with Crippen molar-refractivity contribution in [3.05, 3.63) is 149 Å². The summed E-state index contributed by atoms with van der Waals surface area (Å²) in [6.07, 6.45) is 2.14. The van der Waals surface area contributed by atoms with Crippen molar-refractivity contribution in [1.29, 1.82) is 0 Å². The number of nitrogens with one attached hydrogen (secondary N) is 2. The van der Waals surface area contributed by atoms with Crippen LogP contribution in [0.4, 0.5) is 27.1 Å². The Bertz CT molecular complexity index is 2510. The van der Waals surface area contributed by atoms with Crippen molar-refractivity contribution in [2.45, 2.75) is 24.2 Å². The van der Waals surface area contributed by atoms with Crippen LogP contribution in [-0.4, -0.2) is 48.0 Å². The van der Waals surface area contributed by atoms with Crippen molar-refractivity contribution in [2.24, 2.45) is 23.7 Å². The molecule has 0 radical (unpaired) electrons. The molecule has 0 aromatic heterocycles. The molecule has 2 aliphatic carbocycles. The fraction of sp³-hybridized carbons (Fsp3) is 0.217. The van der Waals surface area contributed by atoms with E-state index in [-0.39, 0.29) is 36.0 Å². The first-order valence-electron chi connectivity index (χ1n) is 19.2. The zero-order chi connectivity index (χ0) is 41.2. The summed E-state index contributed by atoms with van der Waals surface area (Å²) in [4.78, 5) is 61.0. The van der Waals surface area contributed by atoms with Crippen molar-refractivity contribution in [3.8, 4) is 17.2 Å². The van der Waals surface area contributed by atoms with Crippen molar-refractivity contribution < 1.29 is 38.1 Å². The summed E-state index contributed by atoms with van der Waals surface area (Å²) in [5.74, 6) is -6.62. The highest BCUT2D eigenvalue weighted by atomic mass is 35.5. The van der Waals surface area contributed by atoms with Crippen molar-refractivity contribution in [2.75, 3.05) is 29.9 Å². The Morgan fingerprint density at radius 1 is 0.763 bits per heavy atom. The lowest BCUT2D eigenvalue weighted by Gasteiger charge is -2.51. The monoisotopic (exact) mass is 812 g/mol. The van der Waals surface area contributed by atoms with Gasteiger partial charge < -0.3 is 19.9 Å². The Labute approximate surface area is 344 Å². The maximum atomic E-state index is 15.5. The van der Waals surface area contributed by atoms with Gasteiger partial charge in [-0.1, -0.05) is 53.6 Å². The molecule has 4 aliphatic rings. The van der Waals surface area contributed by atoms with E-state index in [9.17, 15) is 19.1 Å². The summed E-state index contributed by atoms with van der Waals surface area (Å²) in [6.45, 7) is 0. The summed E-state index contributed by atoms with van der Waals surface area (Å²) in [5, 5.41) is 15.5. The first-order valence-corrected chi connectivity index (χ1v) is 19.5. The molecule has 3 N–H and O–H groups in total. The predicted molar refractivity (Wildman–Crippen MR) is 219 cm³/mol.